The van der Waals surface area contributed by atoms with Gasteiger partial charge in [-0.3, -0.25) is 14.9 Å². The van der Waals surface area contributed by atoms with Crippen LogP contribution in [0.2, 0.25) is 0 Å². The predicted molar refractivity (Wildman–Crippen MR) is 131 cm³/mol. The zero-order valence-corrected chi connectivity index (χ0v) is 20.2. The molecule has 4 fully saturated rings. The highest BCUT2D eigenvalue weighted by Gasteiger charge is 2.66. The first-order valence-corrected chi connectivity index (χ1v) is 12.1. The molecule has 1 unspecified atom stereocenters. The standard InChI is InChI=1S/C26H30N6O3/c1-14(23(34)29-18-10-17(31-35-18)26-11-24(2,12-26)13-26)15-4-6-16(7-5-15)20-19(22(28)33)21(27)32(30-20)25(3)8-9-25/h4-7,10,14H,8-9,11-13,27H2,1-3H3,(H2,28,33)(H,29,34). The summed E-state index contributed by atoms with van der Waals surface area (Å²) in [5.74, 6) is -0.537. The van der Waals surface area contributed by atoms with Gasteiger partial charge in [-0.2, -0.15) is 5.10 Å². The fourth-order valence-corrected chi connectivity index (χ4v) is 6.14. The number of nitrogens with two attached hydrogens (primary N) is 2. The Morgan fingerprint density at radius 1 is 1.14 bits per heavy atom. The highest BCUT2D eigenvalue weighted by atomic mass is 16.5. The van der Waals surface area contributed by atoms with E-state index in [0.717, 1.165) is 48.9 Å². The van der Waals surface area contributed by atoms with E-state index in [2.05, 4.69) is 29.4 Å². The number of rotatable bonds is 7. The maximum atomic E-state index is 12.9. The normalized spacial score (nSPS) is 26.4. The van der Waals surface area contributed by atoms with Crippen LogP contribution in [0.3, 0.4) is 0 Å². The summed E-state index contributed by atoms with van der Waals surface area (Å²) in [6.45, 7) is 6.19. The molecule has 2 bridgehead atoms. The van der Waals surface area contributed by atoms with Crippen LogP contribution in [0.4, 0.5) is 11.7 Å². The van der Waals surface area contributed by atoms with Crippen LogP contribution in [0, 0.1) is 5.41 Å². The van der Waals surface area contributed by atoms with E-state index in [4.69, 9.17) is 16.0 Å². The third-order valence-electron chi connectivity index (χ3n) is 8.33. The van der Waals surface area contributed by atoms with Gasteiger partial charge >= 0.3 is 0 Å². The zero-order valence-electron chi connectivity index (χ0n) is 20.2. The van der Waals surface area contributed by atoms with Crippen LogP contribution in [0.25, 0.3) is 11.3 Å². The summed E-state index contributed by atoms with van der Waals surface area (Å²) in [4.78, 5) is 25.0. The Kier molecular flexibility index (Phi) is 4.35. The molecule has 1 atom stereocenters. The summed E-state index contributed by atoms with van der Waals surface area (Å²) < 4.78 is 7.12. The number of anilines is 2. The first-order valence-electron chi connectivity index (χ1n) is 12.1. The second-order valence-corrected chi connectivity index (χ2v) is 11.4. The van der Waals surface area contributed by atoms with Gasteiger partial charge in [-0.05, 0) is 56.9 Å². The summed E-state index contributed by atoms with van der Waals surface area (Å²) in [6.07, 6.45) is 5.33. The number of amides is 2. The Hall–Kier alpha value is -3.62. The topological polar surface area (TPSA) is 142 Å². The van der Waals surface area contributed by atoms with Crippen LogP contribution in [-0.4, -0.2) is 26.8 Å². The van der Waals surface area contributed by atoms with Crippen molar-refractivity contribution >= 4 is 23.5 Å². The van der Waals surface area contributed by atoms with Crippen molar-refractivity contribution in [3.05, 3.63) is 47.2 Å². The van der Waals surface area contributed by atoms with Crippen molar-refractivity contribution in [1.29, 1.82) is 0 Å². The molecule has 9 heteroatoms. The minimum absolute atomic E-state index is 0.153. The Balaban J connectivity index is 1.18. The third kappa shape index (κ3) is 3.28. The average molecular weight is 475 g/mol. The minimum atomic E-state index is -0.607. The molecule has 0 spiro atoms. The van der Waals surface area contributed by atoms with Crippen molar-refractivity contribution in [3.8, 4) is 11.3 Å². The van der Waals surface area contributed by atoms with Crippen LogP contribution in [0.15, 0.2) is 34.9 Å². The van der Waals surface area contributed by atoms with Crippen molar-refractivity contribution in [2.75, 3.05) is 11.1 Å². The van der Waals surface area contributed by atoms with E-state index in [-0.39, 0.29) is 22.4 Å². The van der Waals surface area contributed by atoms with Gasteiger partial charge in [0.15, 0.2) is 0 Å². The number of nitrogens with zero attached hydrogens (tertiary/aromatic N) is 3. The van der Waals surface area contributed by atoms with Gasteiger partial charge in [-0.1, -0.05) is 36.3 Å². The second-order valence-electron chi connectivity index (χ2n) is 11.4. The van der Waals surface area contributed by atoms with Crippen LogP contribution < -0.4 is 16.8 Å². The van der Waals surface area contributed by atoms with Crippen molar-refractivity contribution < 1.29 is 14.1 Å². The number of carbonyl (C=O) groups is 2. The molecule has 0 saturated heterocycles. The van der Waals surface area contributed by atoms with Gasteiger partial charge in [0.1, 0.15) is 17.1 Å². The molecule has 2 aromatic heterocycles. The lowest BCUT2D eigenvalue weighted by molar-refractivity contribution is -0.129. The molecule has 0 radical (unpaired) electrons. The molecule has 1 aromatic carbocycles. The van der Waals surface area contributed by atoms with Crippen molar-refractivity contribution in [1.82, 2.24) is 14.9 Å². The molecule has 0 aliphatic heterocycles. The van der Waals surface area contributed by atoms with E-state index >= 15 is 0 Å². The molecule has 3 aromatic rings. The minimum Gasteiger partial charge on any atom is -0.383 e. The fourth-order valence-electron chi connectivity index (χ4n) is 6.14. The van der Waals surface area contributed by atoms with Gasteiger partial charge in [0.25, 0.3) is 5.91 Å². The van der Waals surface area contributed by atoms with E-state index in [1.165, 1.54) is 0 Å². The molecule has 2 heterocycles. The Bertz CT molecular complexity index is 1340. The molecule has 5 N–H and O–H groups in total. The lowest BCUT2D eigenvalue weighted by Gasteiger charge is -2.68. The second kappa shape index (κ2) is 6.96. The quantitative estimate of drug-likeness (QED) is 0.474. The Morgan fingerprint density at radius 2 is 1.80 bits per heavy atom. The molecule has 182 valence electrons. The average Bonchev–Trinajstić information content (AvgIpc) is 3.19. The lowest BCUT2D eigenvalue weighted by atomic mass is 9.35. The van der Waals surface area contributed by atoms with E-state index in [1.807, 2.05) is 37.3 Å². The number of nitrogens with one attached hydrogen (secondary N) is 1. The van der Waals surface area contributed by atoms with Gasteiger partial charge in [0.05, 0.1) is 17.2 Å². The highest BCUT2D eigenvalue weighted by Crippen LogP contribution is 2.73. The number of primary amides is 1. The smallest absolute Gasteiger partial charge is 0.254 e. The molecule has 2 amide bonds. The molecule has 4 aliphatic carbocycles. The third-order valence-corrected chi connectivity index (χ3v) is 8.33. The van der Waals surface area contributed by atoms with E-state index in [9.17, 15) is 9.59 Å². The molecule has 9 nitrogen and oxygen atoms in total. The molecular weight excluding hydrogens is 444 g/mol. The Morgan fingerprint density at radius 3 is 2.37 bits per heavy atom. The number of hydrogen-bond donors (Lipinski definition) is 3. The maximum Gasteiger partial charge on any atom is 0.254 e. The van der Waals surface area contributed by atoms with Crippen molar-refractivity contribution in [3.63, 3.8) is 0 Å². The van der Waals surface area contributed by atoms with Gasteiger partial charge in [0, 0.05) is 17.0 Å². The first-order chi connectivity index (χ1) is 16.5. The Labute approximate surface area is 203 Å². The van der Waals surface area contributed by atoms with E-state index in [1.54, 1.807) is 4.68 Å². The van der Waals surface area contributed by atoms with Crippen molar-refractivity contribution in [2.24, 2.45) is 11.1 Å². The summed E-state index contributed by atoms with van der Waals surface area (Å²) in [6, 6.07) is 9.24. The largest absolute Gasteiger partial charge is 0.383 e. The SMILES string of the molecule is CC(C(=O)Nc1cc(C23CC(C)(C2)C3)no1)c1ccc(-c2nn(C3(C)CC3)c(N)c2C(N)=O)cc1. The summed E-state index contributed by atoms with van der Waals surface area (Å²) in [7, 11) is 0. The number of benzene rings is 1. The van der Waals surface area contributed by atoms with E-state index in [0.29, 0.717) is 22.8 Å². The maximum absolute atomic E-state index is 12.9. The molecular formula is C26H30N6O3. The summed E-state index contributed by atoms with van der Waals surface area (Å²) in [5.41, 5.74) is 15.5. The molecule has 35 heavy (non-hydrogen) atoms. The monoisotopic (exact) mass is 474 g/mol. The van der Waals surface area contributed by atoms with Crippen molar-refractivity contribution in [2.45, 2.75) is 69.7 Å². The molecule has 4 aliphatic rings. The molecule has 7 rings (SSSR count). The number of hydrogen-bond acceptors (Lipinski definition) is 6. The van der Waals surface area contributed by atoms with E-state index < -0.39 is 11.8 Å². The fraction of sp³-hybridized carbons (Fsp3) is 0.462. The van der Waals surface area contributed by atoms with Gasteiger partial charge in [-0.25, -0.2) is 4.68 Å². The number of nitrogen functional groups attached to an aromatic ring is 1. The molecule has 4 saturated carbocycles. The van der Waals surface area contributed by atoms with Crippen LogP contribution in [0.5, 0.6) is 0 Å². The van der Waals surface area contributed by atoms with Gasteiger partial charge in [-0.15, -0.1) is 0 Å². The zero-order chi connectivity index (χ0) is 24.8. The van der Waals surface area contributed by atoms with Crippen LogP contribution in [-0.2, 0) is 15.7 Å². The first kappa shape index (κ1) is 21.9. The van der Waals surface area contributed by atoms with Crippen LogP contribution in [0.1, 0.15) is 80.4 Å². The number of aromatic nitrogens is 3. The number of carbonyl (C=O) groups excluding carboxylic acids is 2. The van der Waals surface area contributed by atoms with Gasteiger partial charge in [0.2, 0.25) is 11.8 Å². The van der Waals surface area contributed by atoms with Crippen LogP contribution >= 0.6 is 0 Å². The predicted octanol–water partition coefficient (Wildman–Crippen LogP) is 3.91. The lowest BCUT2D eigenvalue weighted by Crippen LogP contribution is -2.62. The van der Waals surface area contributed by atoms with Gasteiger partial charge < -0.3 is 16.0 Å². The summed E-state index contributed by atoms with van der Waals surface area (Å²) >= 11 is 0. The highest BCUT2D eigenvalue weighted by molar-refractivity contribution is 6.03. The summed E-state index contributed by atoms with van der Waals surface area (Å²) in [5, 5.41) is 11.7.